The molecule has 0 radical (unpaired) electrons. The van der Waals surface area contributed by atoms with Crippen LogP contribution in [0.1, 0.15) is 0 Å². The van der Waals surface area contributed by atoms with E-state index in [9.17, 15) is 4.79 Å². The van der Waals surface area contributed by atoms with Gasteiger partial charge in [0.25, 0.3) is 0 Å². The fraction of sp³-hybridized carbons (Fsp3) is 0.800. The van der Waals surface area contributed by atoms with Crippen LogP contribution in [0.3, 0.4) is 0 Å². The predicted octanol–water partition coefficient (Wildman–Crippen LogP) is -1.23. The van der Waals surface area contributed by atoms with Gasteiger partial charge in [-0.3, -0.25) is 5.32 Å². The first-order valence-corrected chi connectivity index (χ1v) is 3.22. The number of carboxylic acid groups (broad SMARTS) is 1. The van der Waals surface area contributed by atoms with Crippen molar-refractivity contribution in [1.29, 1.82) is 0 Å². The Balaban J connectivity index is 2.19. The molecule has 0 aromatic carbocycles. The normalized spacial score (nSPS) is 25.8. The highest BCUT2D eigenvalue weighted by Gasteiger charge is 2.12. The van der Waals surface area contributed by atoms with Crippen molar-refractivity contribution in [2.45, 2.75) is 6.17 Å². The van der Waals surface area contributed by atoms with Crippen LogP contribution >= 0.6 is 0 Å². The summed E-state index contributed by atoms with van der Waals surface area (Å²) in [6.45, 7) is 2.37. The fourth-order valence-electron chi connectivity index (χ4n) is 0.904. The molecule has 1 fully saturated rings. The lowest BCUT2D eigenvalue weighted by Crippen LogP contribution is -2.56. The van der Waals surface area contributed by atoms with Gasteiger partial charge in [0.2, 0.25) is 0 Å². The zero-order chi connectivity index (χ0) is 7.40. The lowest BCUT2D eigenvalue weighted by Gasteiger charge is -2.23. The topological polar surface area (TPSA) is 73.4 Å². The van der Waals surface area contributed by atoms with Gasteiger partial charge in [0.15, 0.2) is 0 Å². The summed E-state index contributed by atoms with van der Waals surface area (Å²) in [7, 11) is 0. The molecule has 1 amide bonds. The smallest absolute Gasteiger partial charge is 0.405 e. The zero-order valence-electron chi connectivity index (χ0n) is 5.55. The van der Waals surface area contributed by atoms with Crippen molar-refractivity contribution in [1.82, 2.24) is 16.0 Å². The van der Waals surface area contributed by atoms with Crippen molar-refractivity contribution < 1.29 is 9.90 Å². The number of piperazine rings is 1. The Morgan fingerprint density at radius 1 is 1.60 bits per heavy atom. The van der Waals surface area contributed by atoms with E-state index in [1.54, 1.807) is 0 Å². The van der Waals surface area contributed by atoms with Crippen molar-refractivity contribution in [2.75, 3.05) is 19.6 Å². The summed E-state index contributed by atoms with van der Waals surface area (Å²) < 4.78 is 0. The maximum Gasteiger partial charge on any atom is 0.405 e. The minimum absolute atomic E-state index is 0.133. The van der Waals surface area contributed by atoms with Gasteiger partial charge in [0.05, 0.1) is 6.17 Å². The van der Waals surface area contributed by atoms with Crippen LogP contribution in [0.25, 0.3) is 0 Å². The number of nitrogens with one attached hydrogen (secondary N) is 3. The molecule has 0 saturated carbocycles. The highest BCUT2D eigenvalue weighted by Crippen LogP contribution is 1.80. The first-order valence-electron chi connectivity index (χ1n) is 3.22. The summed E-state index contributed by atoms with van der Waals surface area (Å²) in [6, 6.07) is 0. The molecule has 1 rings (SSSR count). The minimum Gasteiger partial charge on any atom is -0.465 e. The van der Waals surface area contributed by atoms with Crippen LogP contribution in [-0.2, 0) is 0 Å². The summed E-state index contributed by atoms with van der Waals surface area (Å²) in [4.78, 5) is 10.1. The van der Waals surface area contributed by atoms with Gasteiger partial charge in [-0.1, -0.05) is 0 Å². The van der Waals surface area contributed by atoms with Crippen LogP contribution < -0.4 is 16.0 Å². The van der Waals surface area contributed by atoms with E-state index in [1.807, 2.05) is 0 Å². The second-order valence-corrected chi connectivity index (χ2v) is 2.16. The maximum atomic E-state index is 10.1. The van der Waals surface area contributed by atoms with E-state index in [1.165, 1.54) is 0 Å². The van der Waals surface area contributed by atoms with E-state index < -0.39 is 6.09 Å². The maximum absolute atomic E-state index is 10.1. The SMILES string of the molecule is O=C(O)NC1CNCCN1. The van der Waals surface area contributed by atoms with Crippen molar-refractivity contribution in [3.05, 3.63) is 0 Å². The van der Waals surface area contributed by atoms with Crippen LogP contribution in [-0.4, -0.2) is 37.0 Å². The van der Waals surface area contributed by atoms with Gasteiger partial charge in [0.1, 0.15) is 0 Å². The average molecular weight is 145 g/mol. The van der Waals surface area contributed by atoms with Crippen LogP contribution in [0.2, 0.25) is 0 Å². The Hall–Kier alpha value is -0.810. The van der Waals surface area contributed by atoms with Gasteiger partial charge >= 0.3 is 6.09 Å². The average Bonchev–Trinajstić information content (AvgIpc) is 1.88. The van der Waals surface area contributed by atoms with Gasteiger partial charge in [-0.2, -0.15) is 0 Å². The van der Waals surface area contributed by atoms with E-state index in [2.05, 4.69) is 16.0 Å². The Bertz CT molecular complexity index is 122. The first kappa shape index (κ1) is 7.30. The highest BCUT2D eigenvalue weighted by atomic mass is 16.4. The van der Waals surface area contributed by atoms with Crippen molar-refractivity contribution >= 4 is 6.09 Å². The molecule has 5 heteroatoms. The molecule has 0 aliphatic carbocycles. The van der Waals surface area contributed by atoms with Crippen LogP contribution in [0.4, 0.5) is 4.79 Å². The van der Waals surface area contributed by atoms with Gasteiger partial charge in [-0.25, -0.2) is 4.79 Å². The second kappa shape index (κ2) is 3.38. The van der Waals surface area contributed by atoms with Crippen LogP contribution in [0.15, 0.2) is 0 Å². The summed E-state index contributed by atoms with van der Waals surface area (Å²) >= 11 is 0. The molecule has 1 saturated heterocycles. The Morgan fingerprint density at radius 2 is 2.40 bits per heavy atom. The predicted molar refractivity (Wildman–Crippen MR) is 35.8 cm³/mol. The quantitative estimate of drug-likeness (QED) is 0.373. The summed E-state index contributed by atoms with van der Waals surface area (Å²) in [5.74, 6) is 0. The number of rotatable bonds is 1. The molecule has 1 aliphatic heterocycles. The lowest BCUT2D eigenvalue weighted by molar-refractivity contribution is 0.185. The van der Waals surface area contributed by atoms with Crippen molar-refractivity contribution in [3.63, 3.8) is 0 Å². The standard InChI is InChI=1S/C5H11N3O2/c9-5(10)8-4-3-6-1-2-7-4/h4,6-8H,1-3H2,(H,9,10). The summed E-state index contributed by atoms with van der Waals surface area (Å²) in [6.07, 6.45) is -1.12. The van der Waals surface area contributed by atoms with Gasteiger partial charge in [-0.05, 0) is 0 Å². The van der Waals surface area contributed by atoms with E-state index in [-0.39, 0.29) is 6.17 Å². The number of hydrogen-bond acceptors (Lipinski definition) is 3. The van der Waals surface area contributed by atoms with Crippen LogP contribution in [0, 0.1) is 0 Å². The molecule has 0 spiro atoms. The third kappa shape index (κ3) is 2.20. The lowest BCUT2D eigenvalue weighted by atomic mass is 10.4. The zero-order valence-corrected chi connectivity index (χ0v) is 5.55. The van der Waals surface area contributed by atoms with Gasteiger partial charge in [-0.15, -0.1) is 0 Å². The Labute approximate surface area is 58.8 Å². The molecule has 0 aromatic heterocycles. The number of amides is 1. The molecule has 0 bridgehead atoms. The molecule has 0 aromatic rings. The van der Waals surface area contributed by atoms with Gasteiger partial charge < -0.3 is 15.7 Å². The molecular formula is C5H11N3O2. The highest BCUT2D eigenvalue weighted by molar-refractivity contribution is 5.64. The molecular weight excluding hydrogens is 134 g/mol. The summed E-state index contributed by atoms with van der Waals surface area (Å²) in [5.41, 5.74) is 0. The minimum atomic E-state index is -0.985. The first-order chi connectivity index (χ1) is 4.79. The molecule has 10 heavy (non-hydrogen) atoms. The molecule has 4 N–H and O–H groups in total. The molecule has 58 valence electrons. The third-order valence-electron chi connectivity index (χ3n) is 1.34. The molecule has 1 heterocycles. The van der Waals surface area contributed by atoms with Crippen molar-refractivity contribution in [3.8, 4) is 0 Å². The fourth-order valence-corrected chi connectivity index (χ4v) is 0.904. The third-order valence-corrected chi connectivity index (χ3v) is 1.34. The van der Waals surface area contributed by atoms with Crippen molar-refractivity contribution in [2.24, 2.45) is 0 Å². The van der Waals surface area contributed by atoms with E-state index in [0.29, 0.717) is 6.54 Å². The van der Waals surface area contributed by atoms with E-state index >= 15 is 0 Å². The number of carbonyl (C=O) groups is 1. The number of hydrogen-bond donors (Lipinski definition) is 4. The molecule has 1 aliphatic rings. The monoisotopic (exact) mass is 145 g/mol. The Morgan fingerprint density at radius 3 is 2.90 bits per heavy atom. The molecule has 1 atom stereocenters. The largest absolute Gasteiger partial charge is 0.465 e. The molecule has 1 unspecified atom stereocenters. The van der Waals surface area contributed by atoms with E-state index in [4.69, 9.17) is 5.11 Å². The Kier molecular flexibility index (Phi) is 2.47. The summed E-state index contributed by atoms with van der Waals surface area (Å²) in [5, 5.41) is 16.7. The molecule has 5 nitrogen and oxygen atoms in total. The van der Waals surface area contributed by atoms with Crippen LogP contribution in [0.5, 0.6) is 0 Å². The van der Waals surface area contributed by atoms with E-state index in [0.717, 1.165) is 13.1 Å². The second-order valence-electron chi connectivity index (χ2n) is 2.16. The van der Waals surface area contributed by atoms with Gasteiger partial charge in [0, 0.05) is 19.6 Å².